The first-order valence-electron chi connectivity index (χ1n) is 9.96. The lowest BCUT2D eigenvalue weighted by molar-refractivity contribution is -0.124. The third-order valence-electron chi connectivity index (χ3n) is 5.24. The molecule has 0 spiro atoms. The van der Waals surface area contributed by atoms with Gasteiger partial charge in [0.2, 0.25) is 10.0 Å². The van der Waals surface area contributed by atoms with E-state index in [0.717, 1.165) is 19.3 Å². The normalized spacial score (nSPS) is 19.7. The largest absolute Gasteiger partial charge is 0.368 e. The molecule has 0 radical (unpaired) electrons. The van der Waals surface area contributed by atoms with E-state index in [4.69, 9.17) is 4.74 Å². The van der Waals surface area contributed by atoms with Crippen molar-refractivity contribution in [2.24, 2.45) is 0 Å². The summed E-state index contributed by atoms with van der Waals surface area (Å²) in [5, 5.41) is 5.50. The number of hydrogen-bond acceptors (Lipinski definition) is 5. The van der Waals surface area contributed by atoms with Crippen molar-refractivity contribution in [1.29, 1.82) is 0 Å². The molecular weight excluding hydrogens is 408 g/mol. The summed E-state index contributed by atoms with van der Waals surface area (Å²) >= 11 is 0. The molecule has 0 saturated carbocycles. The van der Waals surface area contributed by atoms with Gasteiger partial charge in [-0.25, -0.2) is 8.42 Å². The molecule has 160 valence electrons. The first-order chi connectivity index (χ1) is 14.4. The van der Waals surface area contributed by atoms with E-state index in [0.29, 0.717) is 37.5 Å². The SMILES string of the molecule is O=C(Nc1ccc(NC(=O)C2CCCO2)cc1)c1cc(S(=O)(=O)N2CCCC2)c[nH]1. The minimum atomic E-state index is -3.58. The number of sulfonamides is 1. The maximum atomic E-state index is 12.6. The third kappa shape index (κ3) is 4.40. The van der Waals surface area contributed by atoms with Gasteiger partial charge in [-0.05, 0) is 56.0 Å². The number of hydrogen-bond donors (Lipinski definition) is 3. The monoisotopic (exact) mass is 432 g/mol. The predicted octanol–water partition coefficient (Wildman–Crippen LogP) is 2.17. The van der Waals surface area contributed by atoms with E-state index in [1.54, 1.807) is 24.3 Å². The van der Waals surface area contributed by atoms with Crippen LogP contribution in [0.1, 0.15) is 36.2 Å². The molecule has 0 bridgehead atoms. The van der Waals surface area contributed by atoms with Gasteiger partial charge in [-0.15, -0.1) is 0 Å². The van der Waals surface area contributed by atoms with Crippen molar-refractivity contribution in [2.45, 2.75) is 36.7 Å². The van der Waals surface area contributed by atoms with Crippen LogP contribution < -0.4 is 10.6 Å². The fourth-order valence-electron chi connectivity index (χ4n) is 3.57. The minimum absolute atomic E-state index is 0.0849. The Morgan fingerprint density at radius 3 is 2.33 bits per heavy atom. The molecule has 1 aromatic heterocycles. The van der Waals surface area contributed by atoms with Crippen molar-refractivity contribution in [1.82, 2.24) is 9.29 Å². The molecule has 3 heterocycles. The Morgan fingerprint density at radius 2 is 1.70 bits per heavy atom. The lowest BCUT2D eigenvalue weighted by atomic mass is 10.2. The Morgan fingerprint density at radius 1 is 1.03 bits per heavy atom. The summed E-state index contributed by atoms with van der Waals surface area (Å²) in [5.41, 5.74) is 1.28. The first kappa shape index (κ1) is 20.6. The van der Waals surface area contributed by atoms with E-state index in [2.05, 4.69) is 15.6 Å². The Hall–Kier alpha value is -2.69. The molecule has 1 atom stereocenters. The number of aromatic nitrogens is 1. The standard InChI is InChI=1S/C20H24N4O5S/c25-19(17-12-16(13-21-17)30(27,28)24-9-1-2-10-24)22-14-5-7-15(8-6-14)23-20(26)18-4-3-11-29-18/h5-8,12-13,18,21H,1-4,9-11H2,(H,22,25)(H,23,26). The van der Waals surface area contributed by atoms with Crippen LogP contribution in [0.15, 0.2) is 41.4 Å². The van der Waals surface area contributed by atoms with Crippen LogP contribution in [0, 0.1) is 0 Å². The summed E-state index contributed by atoms with van der Waals surface area (Å²) in [6.07, 6.45) is 4.21. The summed E-state index contributed by atoms with van der Waals surface area (Å²) in [6.45, 7) is 1.61. The van der Waals surface area contributed by atoms with Gasteiger partial charge in [-0.1, -0.05) is 0 Å². The number of nitrogens with zero attached hydrogens (tertiary/aromatic N) is 1. The maximum Gasteiger partial charge on any atom is 0.272 e. The van der Waals surface area contributed by atoms with Gasteiger partial charge >= 0.3 is 0 Å². The molecule has 4 rings (SSSR count). The molecule has 2 aromatic rings. The molecule has 2 aliphatic heterocycles. The second-order valence-corrected chi connectivity index (χ2v) is 9.32. The second kappa shape index (κ2) is 8.58. The number of amides is 2. The van der Waals surface area contributed by atoms with Crippen LogP contribution >= 0.6 is 0 Å². The topological polar surface area (TPSA) is 121 Å². The smallest absolute Gasteiger partial charge is 0.272 e. The van der Waals surface area contributed by atoms with Gasteiger partial charge < -0.3 is 20.4 Å². The van der Waals surface area contributed by atoms with Gasteiger partial charge in [0.15, 0.2) is 0 Å². The lowest BCUT2D eigenvalue weighted by Crippen LogP contribution is -2.27. The number of rotatable bonds is 6. The number of anilines is 2. The van der Waals surface area contributed by atoms with Gasteiger partial charge in [0.05, 0.1) is 0 Å². The predicted molar refractivity (Wildman–Crippen MR) is 111 cm³/mol. The van der Waals surface area contributed by atoms with Crippen LogP contribution in [0.2, 0.25) is 0 Å². The van der Waals surface area contributed by atoms with Crippen molar-refractivity contribution in [2.75, 3.05) is 30.3 Å². The van der Waals surface area contributed by atoms with Crippen LogP contribution in [0.5, 0.6) is 0 Å². The zero-order valence-corrected chi connectivity index (χ0v) is 17.2. The van der Waals surface area contributed by atoms with Crippen LogP contribution in [0.3, 0.4) is 0 Å². The van der Waals surface area contributed by atoms with Gasteiger partial charge in [0, 0.05) is 37.3 Å². The van der Waals surface area contributed by atoms with E-state index < -0.39 is 22.0 Å². The number of aromatic amines is 1. The van der Waals surface area contributed by atoms with E-state index >= 15 is 0 Å². The number of carbonyl (C=O) groups excluding carboxylic acids is 2. The van der Waals surface area contributed by atoms with E-state index in [9.17, 15) is 18.0 Å². The van der Waals surface area contributed by atoms with Crippen LogP contribution in [0.25, 0.3) is 0 Å². The second-order valence-electron chi connectivity index (χ2n) is 7.38. The fourth-order valence-corrected chi connectivity index (χ4v) is 5.09. The number of benzene rings is 1. The Bertz CT molecular complexity index is 1020. The molecule has 10 heteroatoms. The number of carbonyl (C=O) groups is 2. The van der Waals surface area contributed by atoms with Gasteiger partial charge in [0.25, 0.3) is 11.8 Å². The number of H-pyrrole nitrogens is 1. The molecule has 30 heavy (non-hydrogen) atoms. The molecule has 9 nitrogen and oxygen atoms in total. The van der Waals surface area contributed by atoms with Crippen LogP contribution in [0.4, 0.5) is 11.4 Å². The summed E-state index contributed by atoms with van der Waals surface area (Å²) < 4.78 is 31.9. The fraction of sp³-hybridized carbons (Fsp3) is 0.400. The van der Waals surface area contributed by atoms with Crippen LogP contribution in [-0.4, -0.2) is 55.3 Å². The highest BCUT2D eigenvalue weighted by Gasteiger charge is 2.28. The lowest BCUT2D eigenvalue weighted by Gasteiger charge is -2.13. The summed E-state index contributed by atoms with van der Waals surface area (Å²) in [4.78, 5) is 27.4. The molecule has 3 N–H and O–H groups in total. The molecule has 0 aliphatic carbocycles. The summed E-state index contributed by atoms with van der Waals surface area (Å²) in [5.74, 6) is -0.628. The minimum Gasteiger partial charge on any atom is -0.368 e. The highest BCUT2D eigenvalue weighted by Crippen LogP contribution is 2.22. The van der Waals surface area contributed by atoms with Gasteiger partial charge in [0.1, 0.15) is 16.7 Å². The molecule has 1 unspecified atom stereocenters. The molecule has 2 amide bonds. The highest BCUT2D eigenvalue weighted by atomic mass is 32.2. The number of ether oxygens (including phenoxy) is 1. The van der Waals surface area contributed by atoms with E-state index in [1.165, 1.54) is 16.6 Å². The van der Waals surface area contributed by atoms with Crippen molar-refractivity contribution in [3.05, 3.63) is 42.2 Å². The van der Waals surface area contributed by atoms with E-state index in [1.807, 2.05) is 0 Å². The molecular formula is C20H24N4O5S. The Kier molecular flexibility index (Phi) is 5.89. The van der Waals surface area contributed by atoms with Crippen molar-refractivity contribution >= 4 is 33.2 Å². The average molecular weight is 433 g/mol. The van der Waals surface area contributed by atoms with Crippen molar-refractivity contribution in [3.8, 4) is 0 Å². The average Bonchev–Trinajstić information content (AvgIpc) is 3.52. The summed E-state index contributed by atoms with van der Waals surface area (Å²) in [6, 6.07) is 8.03. The maximum absolute atomic E-state index is 12.6. The molecule has 2 saturated heterocycles. The Labute approximate surface area is 174 Å². The van der Waals surface area contributed by atoms with Crippen molar-refractivity contribution in [3.63, 3.8) is 0 Å². The summed E-state index contributed by atoms with van der Waals surface area (Å²) in [7, 11) is -3.58. The first-order valence-corrected chi connectivity index (χ1v) is 11.4. The highest BCUT2D eigenvalue weighted by molar-refractivity contribution is 7.89. The third-order valence-corrected chi connectivity index (χ3v) is 7.11. The van der Waals surface area contributed by atoms with Gasteiger partial charge in [-0.2, -0.15) is 4.31 Å². The number of nitrogens with one attached hydrogen (secondary N) is 3. The van der Waals surface area contributed by atoms with Crippen LogP contribution in [-0.2, 0) is 19.6 Å². The van der Waals surface area contributed by atoms with E-state index in [-0.39, 0.29) is 16.5 Å². The zero-order chi connectivity index (χ0) is 21.1. The molecule has 2 fully saturated rings. The van der Waals surface area contributed by atoms with Crippen molar-refractivity contribution < 1.29 is 22.7 Å². The van der Waals surface area contributed by atoms with Gasteiger partial charge in [-0.3, -0.25) is 9.59 Å². The molecule has 1 aromatic carbocycles. The molecule has 2 aliphatic rings. The Balaban J connectivity index is 1.37. The zero-order valence-electron chi connectivity index (χ0n) is 16.4. The quantitative estimate of drug-likeness (QED) is 0.646.